The summed E-state index contributed by atoms with van der Waals surface area (Å²) in [7, 11) is 0. The van der Waals surface area contributed by atoms with Crippen molar-refractivity contribution >= 4 is 17.4 Å². The van der Waals surface area contributed by atoms with Gasteiger partial charge in [0, 0.05) is 12.1 Å². The van der Waals surface area contributed by atoms with Gasteiger partial charge in [0.25, 0.3) is 5.91 Å². The van der Waals surface area contributed by atoms with Crippen LogP contribution >= 0.6 is 0 Å². The number of phenols is 2. The fraction of sp³-hybridized carbons (Fsp3) is 0.158. The van der Waals surface area contributed by atoms with Crippen LogP contribution in [0.1, 0.15) is 11.1 Å². The van der Waals surface area contributed by atoms with E-state index in [0.29, 0.717) is 24.3 Å². The molecule has 0 fully saturated rings. The van der Waals surface area contributed by atoms with Crippen molar-refractivity contribution in [1.82, 2.24) is 5.32 Å². The summed E-state index contributed by atoms with van der Waals surface area (Å²) in [4.78, 5) is 22.5. The summed E-state index contributed by atoms with van der Waals surface area (Å²) in [6, 6.07) is 11.0. The second-order valence-corrected chi connectivity index (χ2v) is 5.51. The molecule has 0 saturated heterocycles. The van der Waals surface area contributed by atoms with Gasteiger partial charge in [0.15, 0.2) is 18.1 Å². The number of ether oxygens (including phenoxy) is 1. The van der Waals surface area contributed by atoms with Crippen LogP contribution in [0.15, 0.2) is 49.0 Å². The average molecular weight is 357 g/mol. The molecule has 0 saturated carbocycles. The lowest BCUT2D eigenvalue weighted by atomic mass is 10.1. The molecule has 0 heterocycles. The molecule has 4 N–H and O–H groups in total. The van der Waals surface area contributed by atoms with E-state index >= 15 is 0 Å². The summed E-state index contributed by atoms with van der Waals surface area (Å²) < 4.78 is 5.04. The zero-order chi connectivity index (χ0) is 19.1. The quantitative estimate of drug-likeness (QED) is 0.424. The van der Waals surface area contributed by atoms with Gasteiger partial charge in [0.1, 0.15) is 5.75 Å². The van der Waals surface area contributed by atoms with Crippen molar-refractivity contribution in [2.24, 2.45) is 0 Å². The summed E-state index contributed by atoms with van der Waals surface area (Å²) in [5.74, 6) is -1.55. The van der Waals surface area contributed by atoms with Crippen molar-refractivity contribution in [2.45, 2.75) is 6.42 Å². The molecule has 1 amide bonds. The van der Waals surface area contributed by atoms with Crippen molar-refractivity contribution in [3.8, 4) is 17.2 Å². The van der Waals surface area contributed by atoms with E-state index in [-0.39, 0.29) is 23.0 Å². The second kappa shape index (κ2) is 8.57. The largest absolute Gasteiger partial charge is 0.504 e. The Balaban J connectivity index is 1.83. The van der Waals surface area contributed by atoms with Crippen LogP contribution in [-0.4, -0.2) is 40.3 Å². The summed E-state index contributed by atoms with van der Waals surface area (Å²) in [6.07, 6.45) is 0.569. The fourth-order valence-corrected chi connectivity index (χ4v) is 2.17. The minimum absolute atomic E-state index is 0.178. The molecule has 2 aromatic carbocycles. The normalized spacial score (nSPS) is 10.2. The minimum Gasteiger partial charge on any atom is -0.504 e. The van der Waals surface area contributed by atoms with Gasteiger partial charge in [0.2, 0.25) is 0 Å². The van der Waals surface area contributed by atoms with Gasteiger partial charge >= 0.3 is 5.97 Å². The van der Waals surface area contributed by atoms with Gasteiger partial charge in [-0.05, 0) is 41.8 Å². The van der Waals surface area contributed by atoms with Crippen LogP contribution < -0.4 is 10.1 Å². The Labute approximate surface area is 150 Å². The van der Waals surface area contributed by atoms with Crippen molar-refractivity contribution in [2.75, 3.05) is 13.2 Å². The van der Waals surface area contributed by atoms with E-state index in [4.69, 9.17) is 9.84 Å². The number of hydrogen-bond acceptors (Lipinski definition) is 5. The maximum Gasteiger partial charge on any atom is 0.341 e. The monoisotopic (exact) mass is 357 g/mol. The van der Waals surface area contributed by atoms with Crippen LogP contribution in [0.5, 0.6) is 17.2 Å². The van der Waals surface area contributed by atoms with Crippen LogP contribution in [0.2, 0.25) is 0 Å². The number of phenolic OH excluding ortho intramolecular Hbond substituents is 2. The lowest BCUT2D eigenvalue weighted by Crippen LogP contribution is -2.26. The number of hydrogen-bond donors (Lipinski definition) is 4. The molecule has 0 aliphatic carbocycles. The highest BCUT2D eigenvalue weighted by Crippen LogP contribution is 2.27. The first-order valence-corrected chi connectivity index (χ1v) is 7.80. The number of aromatic hydroxyl groups is 2. The van der Waals surface area contributed by atoms with Crippen molar-refractivity contribution in [1.29, 1.82) is 0 Å². The molecule has 0 aliphatic rings. The highest BCUT2D eigenvalue weighted by molar-refractivity contribution is 6.18. The van der Waals surface area contributed by atoms with E-state index in [1.807, 2.05) is 0 Å². The molecular formula is C19H19NO6. The Bertz CT molecular complexity index is 813. The number of carbonyl (C=O) groups is 2. The number of aliphatic carboxylic acids is 1. The Morgan fingerprint density at radius 1 is 1.04 bits per heavy atom. The number of nitrogens with one attached hydrogen (secondary N) is 1. The van der Waals surface area contributed by atoms with E-state index in [2.05, 4.69) is 11.9 Å². The van der Waals surface area contributed by atoms with Gasteiger partial charge in [-0.1, -0.05) is 24.8 Å². The Kier molecular flexibility index (Phi) is 6.21. The average Bonchev–Trinajstić information content (AvgIpc) is 2.62. The zero-order valence-corrected chi connectivity index (χ0v) is 13.9. The molecule has 0 aliphatic heterocycles. The number of carboxylic acid groups (broad SMARTS) is 1. The highest BCUT2D eigenvalue weighted by Gasteiger charge is 2.11. The highest BCUT2D eigenvalue weighted by atomic mass is 16.5. The molecule has 7 heteroatoms. The third kappa shape index (κ3) is 5.27. The summed E-state index contributed by atoms with van der Waals surface area (Å²) in [5.41, 5.74) is 1.54. The molecule has 0 bridgehead atoms. The molecule has 26 heavy (non-hydrogen) atoms. The number of rotatable bonds is 8. The second-order valence-electron chi connectivity index (χ2n) is 5.51. The van der Waals surface area contributed by atoms with Crippen LogP contribution in [-0.2, 0) is 16.0 Å². The molecule has 2 rings (SSSR count). The Morgan fingerprint density at radius 2 is 1.73 bits per heavy atom. The summed E-state index contributed by atoms with van der Waals surface area (Å²) >= 11 is 0. The predicted octanol–water partition coefficient (Wildman–Crippen LogP) is 1.93. The van der Waals surface area contributed by atoms with Gasteiger partial charge in [-0.2, -0.15) is 0 Å². The molecule has 7 nitrogen and oxygen atoms in total. The lowest BCUT2D eigenvalue weighted by molar-refractivity contribution is -0.139. The van der Waals surface area contributed by atoms with Crippen molar-refractivity contribution in [3.63, 3.8) is 0 Å². The van der Waals surface area contributed by atoms with Crippen molar-refractivity contribution in [3.05, 3.63) is 60.2 Å². The zero-order valence-electron chi connectivity index (χ0n) is 13.9. The number of amides is 1. The Hall–Kier alpha value is -3.48. The molecular weight excluding hydrogens is 338 g/mol. The number of benzene rings is 2. The van der Waals surface area contributed by atoms with Gasteiger partial charge in [-0.25, -0.2) is 4.79 Å². The topological polar surface area (TPSA) is 116 Å². The molecule has 2 aromatic rings. The molecule has 136 valence electrons. The van der Waals surface area contributed by atoms with E-state index in [1.54, 1.807) is 24.3 Å². The number of carbonyl (C=O) groups excluding carboxylic acids is 1. The van der Waals surface area contributed by atoms with Crippen LogP contribution in [0.25, 0.3) is 5.57 Å². The number of carboxylic acids is 1. The fourth-order valence-electron chi connectivity index (χ4n) is 2.17. The van der Waals surface area contributed by atoms with E-state index < -0.39 is 12.6 Å². The molecule has 0 unspecified atom stereocenters. The molecule has 0 aromatic heterocycles. The van der Waals surface area contributed by atoms with Crippen LogP contribution in [0.4, 0.5) is 0 Å². The first-order chi connectivity index (χ1) is 12.4. The molecule has 0 atom stereocenters. The predicted molar refractivity (Wildman–Crippen MR) is 95.1 cm³/mol. The van der Waals surface area contributed by atoms with E-state index in [1.165, 1.54) is 18.2 Å². The first-order valence-electron chi connectivity index (χ1n) is 7.80. The van der Waals surface area contributed by atoms with Gasteiger partial charge in [0.05, 0.1) is 0 Å². The van der Waals surface area contributed by atoms with E-state index in [0.717, 1.165) is 5.56 Å². The molecule has 0 spiro atoms. The van der Waals surface area contributed by atoms with Gasteiger partial charge in [-0.15, -0.1) is 0 Å². The van der Waals surface area contributed by atoms with E-state index in [9.17, 15) is 19.8 Å². The summed E-state index contributed by atoms with van der Waals surface area (Å²) in [5, 5.41) is 30.1. The lowest BCUT2D eigenvalue weighted by Gasteiger charge is -2.09. The van der Waals surface area contributed by atoms with Crippen LogP contribution in [0.3, 0.4) is 0 Å². The van der Waals surface area contributed by atoms with Crippen molar-refractivity contribution < 1.29 is 29.6 Å². The van der Waals surface area contributed by atoms with Gasteiger partial charge < -0.3 is 25.4 Å². The SMILES string of the molecule is C=C(C(=O)NCCc1ccc(OCC(=O)O)cc1)c1ccc(O)c(O)c1. The van der Waals surface area contributed by atoms with Gasteiger partial charge in [-0.3, -0.25) is 4.79 Å². The summed E-state index contributed by atoms with van der Waals surface area (Å²) in [6.45, 7) is 3.67. The maximum atomic E-state index is 12.1. The third-order valence-corrected chi connectivity index (χ3v) is 3.58. The third-order valence-electron chi connectivity index (χ3n) is 3.58. The smallest absolute Gasteiger partial charge is 0.341 e. The first kappa shape index (κ1) is 18.9. The standard InChI is InChI=1S/C19H19NO6/c1-12(14-4-7-16(21)17(22)10-14)19(25)20-9-8-13-2-5-15(6-3-13)26-11-18(23)24/h2-7,10,21-22H,1,8-9,11H2,(H,20,25)(H,23,24). The van der Waals surface area contributed by atoms with Crippen LogP contribution in [0, 0.1) is 0 Å². The maximum absolute atomic E-state index is 12.1. The Morgan fingerprint density at radius 3 is 2.35 bits per heavy atom. The molecule has 0 radical (unpaired) electrons. The minimum atomic E-state index is -1.04.